The van der Waals surface area contributed by atoms with Gasteiger partial charge in [-0.2, -0.15) is 0 Å². The second kappa shape index (κ2) is 6.23. The molecule has 3 nitrogen and oxygen atoms in total. The summed E-state index contributed by atoms with van der Waals surface area (Å²) in [5, 5.41) is 3.33. The van der Waals surface area contributed by atoms with Gasteiger partial charge in [0.2, 0.25) is 0 Å². The molecule has 16 heavy (non-hydrogen) atoms. The number of rotatable bonds is 5. The minimum absolute atomic E-state index is 0.0876. The van der Waals surface area contributed by atoms with Crippen LogP contribution < -0.4 is 5.32 Å². The zero-order valence-corrected chi connectivity index (χ0v) is 11.7. The summed E-state index contributed by atoms with van der Waals surface area (Å²) >= 11 is 3.50. The van der Waals surface area contributed by atoms with Crippen LogP contribution in [0.15, 0.2) is 22.7 Å². The number of hydrogen-bond donors (Lipinski definition) is 1. The molecule has 1 atom stereocenters. The average molecular weight is 288 g/mol. The van der Waals surface area contributed by atoms with Gasteiger partial charge in [0.15, 0.2) is 6.29 Å². The molecule has 0 aliphatic heterocycles. The molecule has 0 aliphatic rings. The van der Waals surface area contributed by atoms with Crippen LogP contribution >= 0.6 is 15.9 Å². The summed E-state index contributed by atoms with van der Waals surface area (Å²) in [5.41, 5.74) is 2.26. The second-order valence-electron chi connectivity index (χ2n) is 3.74. The Morgan fingerprint density at radius 3 is 2.38 bits per heavy atom. The van der Waals surface area contributed by atoms with Gasteiger partial charge in [0, 0.05) is 24.4 Å². The number of aryl methyl sites for hydroxylation is 1. The first-order chi connectivity index (χ1) is 7.58. The van der Waals surface area contributed by atoms with Crippen molar-refractivity contribution in [3.63, 3.8) is 0 Å². The van der Waals surface area contributed by atoms with E-state index in [-0.39, 0.29) is 12.3 Å². The van der Waals surface area contributed by atoms with Crippen LogP contribution in [-0.4, -0.2) is 26.6 Å². The lowest BCUT2D eigenvalue weighted by Crippen LogP contribution is -2.33. The molecule has 0 heterocycles. The van der Waals surface area contributed by atoms with Crippen molar-refractivity contribution in [1.29, 1.82) is 0 Å². The lowest BCUT2D eigenvalue weighted by atomic mass is 10.2. The van der Waals surface area contributed by atoms with Crippen molar-refractivity contribution in [1.82, 2.24) is 0 Å². The van der Waals surface area contributed by atoms with Gasteiger partial charge in [-0.05, 0) is 31.5 Å². The first kappa shape index (κ1) is 13.5. The molecule has 0 radical (unpaired) electrons. The summed E-state index contributed by atoms with van der Waals surface area (Å²) in [5.74, 6) is 0. The summed E-state index contributed by atoms with van der Waals surface area (Å²) in [6.45, 7) is 4.08. The van der Waals surface area contributed by atoms with Crippen LogP contribution in [0.4, 0.5) is 5.69 Å². The molecule has 0 saturated carbocycles. The molecule has 0 amide bonds. The Morgan fingerprint density at radius 1 is 1.25 bits per heavy atom. The fraction of sp³-hybridized carbons (Fsp3) is 0.500. The molecule has 1 aromatic carbocycles. The van der Waals surface area contributed by atoms with Gasteiger partial charge in [-0.25, -0.2) is 0 Å². The third-order valence-electron chi connectivity index (χ3n) is 2.44. The highest BCUT2D eigenvalue weighted by Crippen LogP contribution is 2.21. The fourth-order valence-electron chi connectivity index (χ4n) is 1.52. The zero-order chi connectivity index (χ0) is 12.1. The van der Waals surface area contributed by atoms with Gasteiger partial charge >= 0.3 is 0 Å². The van der Waals surface area contributed by atoms with E-state index in [4.69, 9.17) is 9.47 Å². The molecule has 0 aliphatic carbocycles. The Balaban J connectivity index is 2.69. The van der Waals surface area contributed by atoms with Gasteiger partial charge < -0.3 is 14.8 Å². The molecular weight excluding hydrogens is 270 g/mol. The van der Waals surface area contributed by atoms with E-state index in [9.17, 15) is 0 Å². The molecule has 0 bridgehead atoms. The number of benzene rings is 1. The predicted molar refractivity (Wildman–Crippen MR) is 69.8 cm³/mol. The van der Waals surface area contributed by atoms with Crippen molar-refractivity contribution in [2.45, 2.75) is 26.2 Å². The van der Waals surface area contributed by atoms with Crippen LogP contribution in [-0.2, 0) is 9.47 Å². The number of methoxy groups -OCH3 is 2. The first-order valence-electron chi connectivity index (χ1n) is 5.16. The minimum Gasteiger partial charge on any atom is -0.377 e. The van der Waals surface area contributed by atoms with E-state index in [1.54, 1.807) is 14.2 Å². The molecule has 1 rings (SSSR count). The Bertz CT molecular complexity index is 340. The van der Waals surface area contributed by atoms with Crippen molar-refractivity contribution in [3.8, 4) is 0 Å². The van der Waals surface area contributed by atoms with Crippen LogP contribution in [0.25, 0.3) is 0 Å². The van der Waals surface area contributed by atoms with Crippen LogP contribution in [0.2, 0.25) is 0 Å². The van der Waals surface area contributed by atoms with Gasteiger partial charge in [-0.1, -0.05) is 22.0 Å². The van der Waals surface area contributed by atoms with Crippen LogP contribution in [0, 0.1) is 6.92 Å². The standard InChI is InChI=1S/C12H18BrNO2/c1-8-5-6-10(7-11(8)13)14-9(2)12(15-3)16-4/h5-7,9,12,14H,1-4H3. The molecule has 0 fully saturated rings. The Hall–Kier alpha value is -0.580. The van der Waals surface area contributed by atoms with Crippen LogP contribution in [0.5, 0.6) is 0 Å². The summed E-state index contributed by atoms with van der Waals surface area (Å²) < 4.78 is 11.5. The van der Waals surface area contributed by atoms with Crippen molar-refractivity contribution in [3.05, 3.63) is 28.2 Å². The summed E-state index contributed by atoms with van der Waals surface area (Å²) in [7, 11) is 3.27. The number of hydrogen-bond acceptors (Lipinski definition) is 3. The van der Waals surface area contributed by atoms with Crippen LogP contribution in [0.3, 0.4) is 0 Å². The van der Waals surface area contributed by atoms with Crippen molar-refractivity contribution in [2.75, 3.05) is 19.5 Å². The average Bonchev–Trinajstić information content (AvgIpc) is 2.25. The third kappa shape index (κ3) is 3.47. The smallest absolute Gasteiger partial charge is 0.176 e. The Morgan fingerprint density at radius 2 is 1.88 bits per heavy atom. The van der Waals surface area contributed by atoms with Gasteiger partial charge in [0.25, 0.3) is 0 Å². The molecule has 4 heteroatoms. The van der Waals surface area contributed by atoms with E-state index in [1.165, 1.54) is 5.56 Å². The molecule has 0 saturated heterocycles. The maximum absolute atomic E-state index is 5.19. The van der Waals surface area contributed by atoms with Crippen molar-refractivity contribution in [2.24, 2.45) is 0 Å². The fourth-order valence-corrected chi connectivity index (χ4v) is 1.90. The number of halogens is 1. The van der Waals surface area contributed by atoms with Gasteiger partial charge in [0.05, 0.1) is 6.04 Å². The predicted octanol–water partition coefficient (Wildman–Crippen LogP) is 3.18. The molecule has 0 aromatic heterocycles. The quantitative estimate of drug-likeness (QED) is 0.844. The molecule has 90 valence electrons. The van der Waals surface area contributed by atoms with Gasteiger partial charge in [0.1, 0.15) is 0 Å². The topological polar surface area (TPSA) is 30.5 Å². The highest BCUT2D eigenvalue weighted by atomic mass is 79.9. The molecular formula is C12H18BrNO2. The number of anilines is 1. The third-order valence-corrected chi connectivity index (χ3v) is 3.29. The highest BCUT2D eigenvalue weighted by Gasteiger charge is 2.15. The second-order valence-corrected chi connectivity index (χ2v) is 4.59. The molecule has 1 N–H and O–H groups in total. The Kier molecular flexibility index (Phi) is 5.25. The van der Waals surface area contributed by atoms with Crippen molar-refractivity contribution >= 4 is 21.6 Å². The van der Waals surface area contributed by atoms with E-state index < -0.39 is 0 Å². The molecule has 0 spiro atoms. The number of ether oxygens (including phenoxy) is 2. The minimum atomic E-state index is -0.250. The summed E-state index contributed by atoms with van der Waals surface area (Å²) in [4.78, 5) is 0. The van der Waals surface area contributed by atoms with E-state index in [0.717, 1.165) is 10.2 Å². The summed E-state index contributed by atoms with van der Waals surface area (Å²) in [6, 6.07) is 6.24. The van der Waals surface area contributed by atoms with Gasteiger partial charge in [-0.3, -0.25) is 0 Å². The maximum atomic E-state index is 5.19. The Labute approximate surface area is 105 Å². The lowest BCUT2D eigenvalue weighted by Gasteiger charge is -2.23. The highest BCUT2D eigenvalue weighted by molar-refractivity contribution is 9.10. The summed E-state index contributed by atoms with van der Waals surface area (Å²) in [6.07, 6.45) is -0.250. The van der Waals surface area contributed by atoms with Gasteiger partial charge in [-0.15, -0.1) is 0 Å². The lowest BCUT2D eigenvalue weighted by molar-refractivity contribution is -0.109. The van der Waals surface area contributed by atoms with E-state index in [0.29, 0.717) is 0 Å². The SMILES string of the molecule is COC(OC)C(C)Nc1ccc(C)c(Br)c1. The largest absolute Gasteiger partial charge is 0.377 e. The first-order valence-corrected chi connectivity index (χ1v) is 5.96. The van der Waals surface area contributed by atoms with E-state index >= 15 is 0 Å². The number of nitrogens with one attached hydrogen (secondary N) is 1. The van der Waals surface area contributed by atoms with Crippen LogP contribution in [0.1, 0.15) is 12.5 Å². The zero-order valence-electron chi connectivity index (χ0n) is 10.1. The molecule has 1 unspecified atom stereocenters. The van der Waals surface area contributed by atoms with Crippen molar-refractivity contribution < 1.29 is 9.47 Å². The maximum Gasteiger partial charge on any atom is 0.176 e. The molecule has 1 aromatic rings. The normalized spacial score (nSPS) is 12.9. The monoisotopic (exact) mass is 287 g/mol. The van der Waals surface area contributed by atoms with E-state index in [2.05, 4.69) is 34.2 Å². The van der Waals surface area contributed by atoms with E-state index in [1.807, 2.05) is 19.1 Å².